The molecule has 1 N–H and O–H groups in total. The van der Waals surface area contributed by atoms with Crippen molar-refractivity contribution >= 4 is 15.7 Å². The van der Waals surface area contributed by atoms with Crippen LogP contribution in [0.15, 0.2) is 41.3 Å². The molecule has 3 rings (SSSR count). The Morgan fingerprint density at radius 3 is 2.14 bits per heavy atom. The van der Waals surface area contributed by atoms with E-state index in [2.05, 4.69) is 28.7 Å². The van der Waals surface area contributed by atoms with E-state index in [0.717, 1.165) is 24.6 Å². The number of benzene rings is 2. The first-order valence-electron chi connectivity index (χ1n) is 10.2. The zero-order valence-electron chi connectivity index (χ0n) is 18.0. The lowest BCUT2D eigenvalue weighted by atomic mass is 9.98. The van der Waals surface area contributed by atoms with Gasteiger partial charge < -0.3 is 9.64 Å². The molecule has 1 aliphatic heterocycles. The molecule has 2 aromatic rings. The number of nitrogens with one attached hydrogen (secondary N) is 1. The minimum absolute atomic E-state index is 0.323. The maximum Gasteiger partial charge on any atom is 0.241 e. The fourth-order valence-corrected chi connectivity index (χ4v) is 5.74. The van der Waals surface area contributed by atoms with E-state index < -0.39 is 10.0 Å². The maximum absolute atomic E-state index is 13.0. The molecule has 29 heavy (non-hydrogen) atoms. The molecule has 0 saturated carbocycles. The number of hydrogen-bond donors (Lipinski definition) is 1. The van der Waals surface area contributed by atoms with E-state index in [0.29, 0.717) is 21.8 Å². The molecule has 1 aliphatic rings. The first-order chi connectivity index (χ1) is 13.7. The molecule has 0 amide bonds. The summed E-state index contributed by atoms with van der Waals surface area (Å²) in [6, 6.07) is 11.4. The van der Waals surface area contributed by atoms with Crippen LogP contribution in [-0.2, 0) is 10.0 Å². The van der Waals surface area contributed by atoms with Crippen molar-refractivity contribution in [3.63, 3.8) is 0 Å². The predicted molar refractivity (Wildman–Crippen MR) is 118 cm³/mol. The summed E-state index contributed by atoms with van der Waals surface area (Å²) >= 11 is 0. The average molecular weight is 417 g/mol. The molecule has 1 saturated heterocycles. The van der Waals surface area contributed by atoms with E-state index in [-0.39, 0.29) is 6.04 Å². The van der Waals surface area contributed by atoms with Crippen LogP contribution in [-0.4, -0.2) is 28.6 Å². The van der Waals surface area contributed by atoms with Gasteiger partial charge in [0.05, 0.1) is 12.0 Å². The van der Waals surface area contributed by atoms with Crippen LogP contribution >= 0.6 is 0 Å². The third kappa shape index (κ3) is 4.93. The fourth-order valence-electron chi connectivity index (χ4n) is 4.05. The van der Waals surface area contributed by atoms with Crippen LogP contribution in [0.1, 0.15) is 49.4 Å². The molecule has 6 heteroatoms. The molecule has 0 aliphatic carbocycles. The Morgan fingerprint density at radius 1 is 1.07 bits per heavy atom. The number of aryl methyl sites for hydroxylation is 2. The molecule has 2 aromatic carbocycles. The van der Waals surface area contributed by atoms with Gasteiger partial charge >= 0.3 is 0 Å². The van der Waals surface area contributed by atoms with Gasteiger partial charge in [-0.1, -0.05) is 19.1 Å². The monoisotopic (exact) mass is 416 g/mol. The minimum atomic E-state index is -3.65. The Balaban J connectivity index is 1.75. The summed E-state index contributed by atoms with van der Waals surface area (Å²) in [6.45, 7) is 9.94. The standard InChI is InChI=1S/C23H32N2O3S/c1-16-10-12-25(13-11-16)21-8-6-20(7-9-21)19(4)24-29(26,27)23-17(2)14-22(28-5)15-18(23)3/h6-9,14-16,19,24H,10-13H2,1-5H3/t19-/m1/s1. The number of nitrogens with zero attached hydrogens (tertiary/aromatic N) is 1. The molecule has 0 spiro atoms. The molecule has 0 aromatic heterocycles. The summed E-state index contributed by atoms with van der Waals surface area (Å²) in [5.41, 5.74) is 3.51. The van der Waals surface area contributed by atoms with Gasteiger partial charge in [0.15, 0.2) is 0 Å². The van der Waals surface area contributed by atoms with Gasteiger partial charge in [-0.2, -0.15) is 0 Å². The lowest BCUT2D eigenvalue weighted by Crippen LogP contribution is -2.32. The summed E-state index contributed by atoms with van der Waals surface area (Å²) in [7, 11) is -2.07. The van der Waals surface area contributed by atoms with Gasteiger partial charge in [0.1, 0.15) is 5.75 Å². The van der Waals surface area contributed by atoms with Crippen LogP contribution in [0.2, 0.25) is 0 Å². The number of hydrogen-bond acceptors (Lipinski definition) is 4. The van der Waals surface area contributed by atoms with Crippen molar-refractivity contribution in [1.82, 2.24) is 4.72 Å². The summed E-state index contributed by atoms with van der Waals surface area (Å²) < 4.78 is 34.2. The fraction of sp³-hybridized carbons (Fsp3) is 0.478. The first-order valence-corrected chi connectivity index (χ1v) is 11.7. The van der Waals surface area contributed by atoms with Crippen molar-refractivity contribution in [2.45, 2.75) is 51.5 Å². The second-order valence-electron chi connectivity index (χ2n) is 8.19. The Morgan fingerprint density at radius 2 is 1.62 bits per heavy atom. The molecule has 0 radical (unpaired) electrons. The second-order valence-corrected chi connectivity index (χ2v) is 9.85. The molecule has 0 unspecified atom stereocenters. The van der Waals surface area contributed by atoms with Crippen molar-refractivity contribution in [1.29, 1.82) is 0 Å². The van der Waals surface area contributed by atoms with Gasteiger partial charge in [0, 0.05) is 24.8 Å². The van der Waals surface area contributed by atoms with E-state index >= 15 is 0 Å². The highest BCUT2D eigenvalue weighted by Crippen LogP contribution is 2.28. The normalized spacial score (nSPS) is 16.7. The van der Waals surface area contributed by atoms with Gasteiger partial charge in [-0.3, -0.25) is 0 Å². The highest BCUT2D eigenvalue weighted by Gasteiger charge is 2.23. The lowest BCUT2D eigenvalue weighted by Gasteiger charge is -2.32. The van der Waals surface area contributed by atoms with Gasteiger partial charge in [-0.25, -0.2) is 13.1 Å². The van der Waals surface area contributed by atoms with Crippen LogP contribution in [0.25, 0.3) is 0 Å². The van der Waals surface area contributed by atoms with Gasteiger partial charge in [0.2, 0.25) is 10.0 Å². The molecular weight excluding hydrogens is 384 g/mol. The van der Waals surface area contributed by atoms with E-state index in [1.54, 1.807) is 33.1 Å². The highest BCUT2D eigenvalue weighted by atomic mass is 32.2. The quantitative estimate of drug-likeness (QED) is 0.748. The summed E-state index contributed by atoms with van der Waals surface area (Å²) in [4.78, 5) is 2.73. The van der Waals surface area contributed by atoms with Gasteiger partial charge in [0.25, 0.3) is 0 Å². The maximum atomic E-state index is 13.0. The molecule has 1 fully saturated rings. The first kappa shape index (κ1) is 21.7. The van der Waals surface area contributed by atoms with Crippen molar-refractivity contribution in [2.75, 3.05) is 25.1 Å². The zero-order chi connectivity index (χ0) is 21.2. The van der Waals surface area contributed by atoms with Gasteiger partial charge in [-0.05, 0) is 80.5 Å². The molecular formula is C23H32N2O3S. The lowest BCUT2D eigenvalue weighted by molar-refractivity contribution is 0.413. The third-order valence-corrected chi connectivity index (χ3v) is 7.66. The predicted octanol–water partition coefficient (Wildman–Crippen LogP) is 4.59. The van der Waals surface area contributed by atoms with Crippen LogP contribution in [0.5, 0.6) is 5.75 Å². The Labute approximate surface area is 175 Å². The number of piperidine rings is 1. The number of anilines is 1. The smallest absolute Gasteiger partial charge is 0.241 e. The largest absolute Gasteiger partial charge is 0.497 e. The minimum Gasteiger partial charge on any atom is -0.497 e. The Bertz CT molecular complexity index is 924. The summed E-state index contributed by atoms with van der Waals surface area (Å²) in [5, 5.41) is 0. The van der Waals surface area contributed by atoms with Crippen molar-refractivity contribution in [2.24, 2.45) is 5.92 Å². The number of rotatable bonds is 6. The van der Waals surface area contributed by atoms with Crippen LogP contribution < -0.4 is 14.4 Å². The Hall–Kier alpha value is -2.05. The highest BCUT2D eigenvalue weighted by molar-refractivity contribution is 7.89. The average Bonchev–Trinajstić information content (AvgIpc) is 2.67. The number of sulfonamides is 1. The summed E-state index contributed by atoms with van der Waals surface area (Å²) in [5.74, 6) is 1.46. The Kier molecular flexibility index (Phi) is 6.54. The molecule has 1 heterocycles. The molecule has 158 valence electrons. The van der Waals surface area contributed by atoms with Crippen molar-refractivity contribution in [3.8, 4) is 5.75 Å². The topological polar surface area (TPSA) is 58.6 Å². The van der Waals surface area contributed by atoms with E-state index in [1.165, 1.54) is 18.5 Å². The second kappa shape index (κ2) is 8.76. The van der Waals surface area contributed by atoms with Crippen molar-refractivity contribution < 1.29 is 13.2 Å². The van der Waals surface area contributed by atoms with Crippen LogP contribution in [0.3, 0.4) is 0 Å². The van der Waals surface area contributed by atoms with E-state index in [9.17, 15) is 8.42 Å². The molecule has 0 bridgehead atoms. The number of ether oxygens (including phenoxy) is 1. The summed E-state index contributed by atoms with van der Waals surface area (Å²) in [6.07, 6.45) is 2.44. The van der Waals surface area contributed by atoms with E-state index in [1.807, 2.05) is 19.1 Å². The van der Waals surface area contributed by atoms with Crippen LogP contribution in [0.4, 0.5) is 5.69 Å². The number of methoxy groups -OCH3 is 1. The molecule has 5 nitrogen and oxygen atoms in total. The van der Waals surface area contributed by atoms with Crippen LogP contribution in [0, 0.1) is 19.8 Å². The van der Waals surface area contributed by atoms with Gasteiger partial charge in [-0.15, -0.1) is 0 Å². The zero-order valence-corrected chi connectivity index (χ0v) is 18.8. The molecule has 1 atom stereocenters. The van der Waals surface area contributed by atoms with E-state index in [4.69, 9.17) is 4.74 Å². The SMILES string of the molecule is COc1cc(C)c(S(=O)(=O)N[C@H](C)c2ccc(N3CCC(C)CC3)cc2)c(C)c1. The van der Waals surface area contributed by atoms with Crippen molar-refractivity contribution in [3.05, 3.63) is 53.1 Å². The third-order valence-electron chi connectivity index (χ3n) is 5.81.